The number of hydrogen-bond acceptors (Lipinski definition) is 5. The first-order valence-electron chi connectivity index (χ1n) is 7.90. The molecule has 4 rings (SSSR count). The highest BCUT2D eigenvalue weighted by Gasteiger charge is 2.24. The number of halogens is 3. The van der Waals surface area contributed by atoms with Gasteiger partial charge in [0.2, 0.25) is 0 Å². The van der Waals surface area contributed by atoms with Gasteiger partial charge in [-0.2, -0.15) is 0 Å². The van der Waals surface area contributed by atoms with E-state index in [4.69, 9.17) is 0 Å². The topological polar surface area (TPSA) is 101 Å². The van der Waals surface area contributed by atoms with Gasteiger partial charge in [-0.25, -0.2) is 0 Å². The molecule has 0 bridgehead atoms. The van der Waals surface area contributed by atoms with Crippen LogP contribution >= 0.6 is 67.8 Å². The maximum Gasteiger partial charge on any atom is 0.127 e. The van der Waals surface area contributed by atoms with Crippen molar-refractivity contribution in [2.45, 2.75) is 0 Å². The van der Waals surface area contributed by atoms with Crippen LogP contribution in [0.5, 0.6) is 28.7 Å². The van der Waals surface area contributed by atoms with Gasteiger partial charge in [-0.15, -0.1) is 0 Å². The maximum atomic E-state index is 10.8. The van der Waals surface area contributed by atoms with Crippen molar-refractivity contribution in [3.63, 3.8) is 0 Å². The monoisotopic (exact) mass is 712 g/mol. The minimum atomic E-state index is -0.241. The van der Waals surface area contributed by atoms with E-state index in [-0.39, 0.29) is 45.3 Å². The lowest BCUT2D eigenvalue weighted by Crippen LogP contribution is -1.92. The van der Waals surface area contributed by atoms with E-state index in [1.807, 2.05) is 28.7 Å². The van der Waals surface area contributed by atoms with Gasteiger partial charge in [0, 0.05) is 49.4 Å². The summed E-state index contributed by atoms with van der Waals surface area (Å²) < 4.78 is 2.17. The predicted molar refractivity (Wildman–Crippen MR) is 133 cm³/mol. The molecular formula is C20H11I3O5. The molecule has 0 saturated heterocycles. The van der Waals surface area contributed by atoms with Crippen LogP contribution < -0.4 is 0 Å². The summed E-state index contributed by atoms with van der Waals surface area (Å²) in [6, 6.07) is 9.14. The lowest BCUT2D eigenvalue weighted by atomic mass is 9.91. The Bertz CT molecular complexity index is 1200. The second kappa shape index (κ2) is 7.13. The van der Waals surface area contributed by atoms with Crippen LogP contribution in [0.2, 0.25) is 0 Å². The van der Waals surface area contributed by atoms with E-state index in [0.29, 0.717) is 19.7 Å². The fourth-order valence-corrected chi connectivity index (χ4v) is 5.46. The predicted octanol–water partition coefficient (Wildman–Crippen LogP) is 6.00. The molecule has 0 heterocycles. The molecule has 0 fully saturated rings. The van der Waals surface area contributed by atoms with E-state index in [1.54, 1.807) is 12.1 Å². The van der Waals surface area contributed by atoms with Gasteiger partial charge in [-0.3, -0.25) is 0 Å². The second-order valence-corrected chi connectivity index (χ2v) is 9.81. The van der Waals surface area contributed by atoms with Gasteiger partial charge in [-0.1, -0.05) is 0 Å². The van der Waals surface area contributed by atoms with E-state index in [0.717, 1.165) is 7.14 Å². The summed E-state index contributed by atoms with van der Waals surface area (Å²) in [4.78, 5) is 0. The Hall–Kier alpha value is -1.41. The average Bonchev–Trinajstić information content (AvgIpc) is 2.58. The second-order valence-electron chi connectivity index (χ2n) is 6.24. The molecule has 0 atom stereocenters. The Morgan fingerprint density at radius 3 is 1.50 bits per heavy atom. The largest absolute Gasteiger partial charge is 0.508 e. The molecule has 0 aliphatic carbocycles. The molecule has 0 aromatic heterocycles. The number of hydrogen-bond donors (Lipinski definition) is 5. The number of aromatic hydroxyl groups is 5. The van der Waals surface area contributed by atoms with Crippen LogP contribution in [-0.4, -0.2) is 25.5 Å². The molecule has 0 saturated carbocycles. The molecule has 4 aromatic carbocycles. The van der Waals surface area contributed by atoms with Crippen molar-refractivity contribution >= 4 is 89.3 Å². The van der Waals surface area contributed by atoms with Crippen LogP contribution in [0.1, 0.15) is 0 Å². The van der Waals surface area contributed by atoms with E-state index < -0.39 is 0 Å². The third-order valence-electron chi connectivity index (χ3n) is 4.49. The lowest BCUT2D eigenvalue weighted by Gasteiger charge is -2.18. The van der Waals surface area contributed by atoms with Crippen LogP contribution in [0.15, 0.2) is 36.4 Å². The molecule has 28 heavy (non-hydrogen) atoms. The quantitative estimate of drug-likeness (QED) is 0.156. The van der Waals surface area contributed by atoms with Crippen molar-refractivity contribution in [1.29, 1.82) is 0 Å². The lowest BCUT2D eigenvalue weighted by molar-refractivity contribution is 0.453. The average molecular weight is 712 g/mol. The SMILES string of the molecule is Oc1cc(O)c2c(-c3c(O)cc(I)c4cc(I)cc(O)c34)c(O)cc(I)c2c1. The first-order chi connectivity index (χ1) is 13.2. The molecule has 0 aliphatic rings. The van der Waals surface area contributed by atoms with Crippen LogP contribution in [0.3, 0.4) is 0 Å². The number of phenolic OH excluding ortho intramolecular Hbond substituents is 5. The Morgan fingerprint density at radius 2 is 0.964 bits per heavy atom. The molecule has 0 aliphatic heterocycles. The number of benzene rings is 4. The normalized spacial score (nSPS) is 11.4. The molecular weight excluding hydrogens is 701 g/mol. The zero-order valence-corrected chi connectivity index (χ0v) is 20.3. The molecule has 142 valence electrons. The van der Waals surface area contributed by atoms with Crippen LogP contribution in [0.4, 0.5) is 0 Å². The fraction of sp³-hybridized carbons (Fsp3) is 0. The van der Waals surface area contributed by atoms with Gasteiger partial charge in [0.1, 0.15) is 28.7 Å². The van der Waals surface area contributed by atoms with Gasteiger partial charge in [0.25, 0.3) is 0 Å². The van der Waals surface area contributed by atoms with Gasteiger partial charge in [0.15, 0.2) is 0 Å². The zero-order valence-electron chi connectivity index (χ0n) is 13.8. The molecule has 0 radical (unpaired) electrons. The first-order valence-corrected chi connectivity index (χ1v) is 11.1. The van der Waals surface area contributed by atoms with Gasteiger partial charge < -0.3 is 25.5 Å². The summed E-state index contributed by atoms with van der Waals surface area (Å²) in [7, 11) is 0. The Labute approximate surface area is 200 Å². The highest BCUT2D eigenvalue weighted by Crippen LogP contribution is 2.51. The van der Waals surface area contributed by atoms with E-state index in [9.17, 15) is 25.5 Å². The van der Waals surface area contributed by atoms with Crippen molar-refractivity contribution in [2.75, 3.05) is 0 Å². The van der Waals surface area contributed by atoms with Crippen molar-refractivity contribution in [2.24, 2.45) is 0 Å². The third-order valence-corrected chi connectivity index (χ3v) is 6.90. The van der Waals surface area contributed by atoms with E-state index >= 15 is 0 Å². The Kier molecular flexibility index (Phi) is 5.06. The first kappa shape index (κ1) is 19.9. The molecule has 0 unspecified atom stereocenters. The van der Waals surface area contributed by atoms with Crippen molar-refractivity contribution in [3.05, 3.63) is 47.1 Å². The molecule has 5 N–H and O–H groups in total. The maximum absolute atomic E-state index is 10.8. The fourth-order valence-electron chi connectivity index (χ4n) is 3.41. The van der Waals surface area contributed by atoms with Crippen molar-refractivity contribution in [3.8, 4) is 39.9 Å². The van der Waals surface area contributed by atoms with E-state index in [1.165, 1.54) is 18.2 Å². The molecule has 5 nitrogen and oxygen atoms in total. The zero-order chi connectivity index (χ0) is 20.3. The van der Waals surface area contributed by atoms with Crippen LogP contribution in [-0.2, 0) is 0 Å². The highest BCUT2D eigenvalue weighted by molar-refractivity contribution is 14.1. The highest BCUT2D eigenvalue weighted by atomic mass is 127. The molecule has 0 spiro atoms. The molecule has 8 heteroatoms. The third kappa shape index (κ3) is 3.09. The minimum Gasteiger partial charge on any atom is -0.508 e. The summed E-state index contributed by atoms with van der Waals surface area (Å²) in [5, 5.41) is 54.5. The van der Waals surface area contributed by atoms with E-state index in [2.05, 4.69) is 45.2 Å². The van der Waals surface area contributed by atoms with Gasteiger partial charge in [-0.05, 0) is 98.1 Å². The van der Waals surface area contributed by atoms with Gasteiger partial charge >= 0.3 is 0 Å². The summed E-state index contributed by atoms with van der Waals surface area (Å²) in [5.41, 5.74) is 0.396. The minimum absolute atomic E-state index is 0.0462. The number of rotatable bonds is 1. The summed E-state index contributed by atoms with van der Waals surface area (Å²) in [6.07, 6.45) is 0. The number of fused-ring (bicyclic) bond motifs is 2. The molecule has 0 amide bonds. The van der Waals surface area contributed by atoms with Crippen molar-refractivity contribution < 1.29 is 25.5 Å². The smallest absolute Gasteiger partial charge is 0.127 e. The summed E-state index contributed by atoms with van der Waals surface area (Å²) >= 11 is 6.17. The number of phenols is 5. The summed E-state index contributed by atoms with van der Waals surface area (Å²) in [5.74, 6) is -0.703. The van der Waals surface area contributed by atoms with Gasteiger partial charge in [0.05, 0.1) is 0 Å². The van der Waals surface area contributed by atoms with Crippen LogP contribution in [0, 0.1) is 10.7 Å². The Morgan fingerprint density at radius 1 is 0.500 bits per heavy atom. The molecule has 4 aromatic rings. The standard InChI is InChI=1S/C20H11I3O5/c21-7-1-9-11(22)5-15(27)19(17(9)13(25)2-7)20-16(28)6-12(23)10-3-8(24)4-14(26)18(10)20/h1-6,24-28H. The van der Waals surface area contributed by atoms with Crippen molar-refractivity contribution in [1.82, 2.24) is 0 Å². The van der Waals surface area contributed by atoms with Crippen LogP contribution in [0.25, 0.3) is 32.7 Å². The Balaban J connectivity index is 2.29. The summed E-state index contributed by atoms with van der Waals surface area (Å²) in [6.45, 7) is 0.